The number of hydrogen-bond donors (Lipinski definition) is 1. The van der Waals surface area contributed by atoms with Gasteiger partial charge in [-0.05, 0) is 12.3 Å². The van der Waals surface area contributed by atoms with Crippen molar-refractivity contribution in [2.45, 2.75) is 20.3 Å². The van der Waals surface area contributed by atoms with Crippen LogP contribution in [-0.2, 0) is 14.3 Å². The topological polar surface area (TPSA) is 63.6 Å². The van der Waals surface area contributed by atoms with Crippen LogP contribution in [0.15, 0.2) is 12.2 Å². The lowest BCUT2D eigenvalue weighted by Gasteiger charge is -2.03. The molecule has 0 spiro atoms. The maximum atomic E-state index is 10.8. The molecule has 0 saturated carbocycles. The Morgan fingerprint density at radius 3 is 2.46 bits per heavy atom. The highest BCUT2D eigenvalue weighted by molar-refractivity contribution is 5.90. The standard InChI is InChI=1S/C9H14O4/c1-7(2)5-6-13-9(12)4-3-8(10)11/h3-4,7H,5-6H2,1-2H3,(H,10,11)/b4-3+. The largest absolute Gasteiger partial charge is 0.478 e. The van der Waals surface area contributed by atoms with Gasteiger partial charge in [-0.25, -0.2) is 9.59 Å². The Balaban J connectivity index is 3.58. The van der Waals surface area contributed by atoms with Crippen LogP contribution >= 0.6 is 0 Å². The van der Waals surface area contributed by atoms with E-state index in [1.165, 1.54) is 0 Å². The molecule has 0 aliphatic rings. The average Bonchev–Trinajstić information content (AvgIpc) is 2.00. The van der Waals surface area contributed by atoms with Crippen molar-refractivity contribution in [3.05, 3.63) is 12.2 Å². The summed E-state index contributed by atoms with van der Waals surface area (Å²) in [6, 6.07) is 0. The molecule has 4 nitrogen and oxygen atoms in total. The Morgan fingerprint density at radius 1 is 1.38 bits per heavy atom. The van der Waals surface area contributed by atoms with Gasteiger partial charge in [0.05, 0.1) is 6.61 Å². The number of carboxylic acids is 1. The number of rotatable bonds is 5. The third kappa shape index (κ3) is 8.59. The van der Waals surface area contributed by atoms with Gasteiger partial charge < -0.3 is 9.84 Å². The molecule has 0 unspecified atom stereocenters. The first-order chi connectivity index (χ1) is 6.02. The van der Waals surface area contributed by atoms with E-state index in [1.807, 2.05) is 13.8 Å². The molecule has 0 aromatic rings. The fraction of sp³-hybridized carbons (Fsp3) is 0.556. The molecule has 0 radical (unpaired) electrons. The quantitative estimate of drug-likeness (QED) is 0.518. The van der Waals surface area contributed by atoms with Crippen LogP contribution in [0.1, 0.15) is 20.3 Å². The normalized spacial score (nSPS) is 10.7. The van der Waals surface area contributed by atoms with Crippen LogP contribution in [-0.4, -0.2) is 23.7 Å². The lowest BCUT2D eigenvalue weighted by Crippen LogP contribution is -2.05. The summed E-state index contributed by atoms with van der Waals surface area (Å²) >= 11 is 0. The van der Waals surface area contributed by atoms with Crippen LogP contribution in [0.2, 0.25) is 0 Å². The van der Waals surface area contributed by atoms with E-state index in [4.69, 9.17) is 9.84 Å². The maximum Gasteiger partial charge on any atom is 0.331 e. The molecule has 0 rings (SSSR count). The fourth-order valence-electron chi connectivity index (χ4n) is 0.583. The molecule has 0 saturated heterocycles. The zero-order valence-electron chi connectivity index (χ0n) is 7.82. The number of aliphatic carboxylic acids is 1. The Labute approximate surface area is 77.2 Å². The summed E-state index contributed by atoms with van der Waals surface area (Å²) in [4.78, 5) is 20.7. The number of carbonyl (C=O) groups is 2. The minimum Gasteiger partial charge on any atom is -0.478 e. The molecule has 0 aromatic carbocycles. The minimum atomic E-state index is -1.15. The Kier molecular flexibility index (Phi) is 5.59. The number of ether oxygens (including phenoxy) is 1. The van der Waals surface area contributed by atoms with Gasteiger partial charge in [-0.1, -0.05) is 13.8 Å². The third-order valence-electron chi connectivity index (χ3n) is 1.30. The summed E-state index contributed by atoms with van der Waals surface area (Å²) < 4.78 is 4.71. The second-order valence-electron chi connectivity index (χ2n) is 3.02. The molecule has 0 aliphatic carbocycles. The molecule has 0 atom stereocenters. The van der Waals surface area contributed by atoms with Crippen molar-refractivity contribution in [3.63, 3.8) is 0 Å². The highest BCUT2D eigenvalue weighted by Crippen LogP contribution is 1.98. The summed E-state index contributed by atoms with van der Waals surface area (Å²) in [5.74, 6) is -1.29. The molecular formula is C9H14O4. The minimum absolute atomic E-state index is 0.334. The van der Waals surface area contributed by atoms with Gasteiger partial charge in [0.1, 0.15) is 0 Å². The number of carbonyl (C=O) groups excluding carboxylic acids is 1. The second kappa shape index (κ2) is 6.22. The van der Waals surface area contributed by atoms with Crippen molar-refractivity contribution >= 4 is 11.9 Å². The third-order valence-corrected chi connectivity index (χ3v) is 1.30. The van der Waals surface area contributed by atoms with Crippen molar-refractivity contribution in [1.29, 1.82) is 0 Å². The molecule has 0 amide bonds. The van der Waals surface area contributed by atoms with E-state index in [9.17, 15) is 9.59 Å². The summed E-state index contributed by atoms with van der Waals surface area (Å²) in [5, 5.41) is 8.18. The van der Waals surface area contributed by atoms with Crippen LogP contribution in [0.4, 0.5) is 0 Å². The van der Waals surface area contributed by atoms with E-state index in [1.54, 1.807) is 0 Å². The molecule has 74 valence electrons. The maximum absolute atomic E-state index is 10.8. The van der Waals surface area contributed by atoms with Gasteiger partial charge in [0.25, 0.3) is 0 Å². The molecule has 1 N–H and O–H groups in total. The number of hydrogen-bond acceptors (Lipinski definition) is 3. The Hall–Kier alpha value is -1.32. The Morgan fingerprint density at radius 2 is 2.00 bits per heavy atom. The van der Waals surface area contributed by atoms with Gasteiger partial charge in [-0.2, -0.15) is 0 Å². The van der Waals surface area contributed by atoms with E-state index in [-0.39, 0.29) is 0 Å². The molecular weight excluding hydrogens is 172 g/mol. The van der Waals surface area contributed by atoms with Crippen molar-refractivity contribution in [1.82, 2.24) is 0 Å². The van der Waals surface area contributed by atoms with Crippen LogP contribution in [0.5, 0.6) is 0 Å². The van der Waals surface area contributed by atoms with Crippen molar-refractivity contribution in [2.75, 3.05) is 6.61 Å². The van der Waals surface area contributed by atoms with Gasteiger partial charge in [-0.15, -0.1) is 0 Å². The summed E-state index contributed by atoms with van der Waals surface area (Å²) in [7, 11) is 0. The summed E-state index contributed by atoms with van der Waals surface area (Å²) in [6.45, 7) is 4.36. The van der Waals surface area contributed by atoms with Crippen LogP contribution < -0.4 is 0 Å². The molecule has 0 heterocycles. The smallest absolute Gasteiger partial charge is 0.331 e. The molecule has 4 heteroatoms. The van der Waals surface area contributed by atoms with E-state index >= 15 is 0 Å². The summed E-state index contributed by atoms with van der Waals surface area (Å²) in [6.07, 6.45) is 2.45. The number of carboxylic acid groups (broad SMARTS) is 1. The average molecular weight is 186 g/mol. The monoisotopic (exact) mass is 186 g/mol. The van der Waals surface area contributed by atoms with E-state index < -0.39 is 11.9 Å². The van der Waals surface area contributed by atoms with Crippen molar-refractivity contribution in [2.24, 2.45) is 5.92 Å². The molecule has 0 fully saturated rings. The first-order valence-corrected chi connectivity index (χ1v) is 4.10. The first kappa shape index (κ1) is 11.7. The molecule has 0 aliphatic heterocycles. The predicted octanol–water partition coefficient (Wildman–Crippen LogP) is 1.22. The van der Waals surface area contributed by atoms with E-state index in [0.29, 0.717) is 12.5 Å². The zero-order valence-corrected chi connectivity index (χ0v) is 7.82. The van der Waals surface area contributed by atoms with Crippen molar-refractivity contribution < 1.29 is 19.4 Å². The van der Waals surface area contributed by atoms with Crippen LogP contribution in [0.3, 0.4) is 0 Å². The molecule has 0 aromatic heterocycles. The SMILES string of the molecule is CC(C)CCOC(=O)/C=C/C(=O)O. The van der Waals surface area contributed by atoms with Crippen molar-refractivity contribution in [3.8, 4) is 0 Å². The lowest BCUT2D eigenvalue weighted by atomic mass is 10.1. The predicted molar refractivity (Wildman–Crippen MR) is 47.2 cm³/mol. The fourth-order valence-corrected chi connectivity index (χ4v) is 0.583. The van der Waals surface area contributed by atoms with Gasteiger partial charge in [-0.3, -0.25) is 0 Å². The van der Waals surface area contributed by atoms with E-state index in [2.05, 4.69) is 0 Å². The van der Waals surface area contributed by atoms with Gasteiger partial charge in [0.2, 0.25) is 0 Å². The lowest BCUT2D eigenvalue weighted by molar-refractivity contribution is -0.139. The zero-order chi connectivity index (χ0) is 10.3. The second-order valence-corrected chi connectivity index (χ2v) is 3.02. The number of esters is 1. The van der Waals surface area contributed by atoms with Crippen LogP contribution in [0, 0.1) is 5.92 Å². The highest BCUT2D eigenvalue weighted by Gasteiger charge is 1.99. The van der Waals surface area contributed by atoms with Gasteiger partial charge >= 0.3 is 11.9 Å². The Bertz CT molecular complexity index is 206. The van der Waals surface area contributed by atoms with E-state index in [0.717, 1.165) is 18.6 Å². The molecule has 13 heavy (non-hydrogen) atoms. The highest BCUT2D eigenvalue weighted by atomic mass is 16.5. The molecule has 0 bridgehead atoms. The van der Waals surface area contributed by atoms with Gasteiger partial charge in [0.15, 0.2) is 0 Å². The van der Waals surface area contributed by atoms with Gasteiger partial charge in [0, 0.05) is 12.2 Å². The first-order valence-electron chi connectivity index (χ1n) is 4.10. The summed E-state index contributed by atoms with van der Waals surface area (Å²) in [5.41, 5.74) is 0. The van der Waals surface area contributed by atoms with Crippen LogP contribution in [0.25, 0.3) is 0 Å².